The van der Waals surface area contributed by atoms with Gasteiger partial charge in [-0.2, -0.15) is 0 Å². The molecule has 7 N–H and O–H groups in total. The first-order valence-electron chi connectivity index (χ1n) is 7.21. The molecule has 0 bridgehead atoms. The van der Waals surface area contributed by atoms with Crippen LogP contribution in [0.15, 0.2) is 11.0 Å². The Bertz CT molecular complexity index is 654. The van der Waals surface area contributed by atoms with Crippen molar-refractivity contribution in [2.45, 2.75) is 41.5 Å². The molecular weight excluding hydrogens is 387 g/mol. The van der Waals surface area contributed by atoms with Gasteiger partial charge in [-0.1, -0.05) is 0 Å². The third-order valence-corrected chi connectivity index (χ3v) is 5.96. The van der Waals surface area contributed by atoms with Gasteiger partial charge in [0, 0.05) is 0 Å². The van der Waals surface area contributed by atoms with Crippen molar-refractivity contribution in [2.75, 3.05) is 12.3 Å². The van der Waals surface area contributed by atoms with E-state index in [4.69, 9.17) is 26.4 Å². The van der Waals surface area contributed by atoms with Crippen LogP contribution in [0.2, 0.25) is 5.32 Å². The summed E-state index contributed by atoms with van der Waals surface area (Å²) in [4.78, 5) is 26.5. The van der Waals surface area contributed by atoms with Gasteiger partial charge in [0.1, 0.15) is 0 Å². The summed E-state index contributed by atoms with van der Waals surface area (Å²) in [5, 5.41) is 28.5. The molecule has 0 amide bonds. The van der Waals surface area contributed by atoms with E-state index in [-0.39, 0.29) is 33.8 Å². The van der Waals surface area contributed by atoms with Crippen LogP contribution in [0.25, 0.3) is 0 Å². The zero-order valence-corrected chi connectivity index (χ0v) is 14.5. The number of rotatable bonds is 7. The standard InChI is InChI=1S/C13H20N4O6Se/c14-7(12(20)21)5-24-4-6-2-17(13(22)16-11(6)15)10-1-8(19)9(3-18)23-10/h2,7-10,18-19H,1,3-5,14H2,(H,20,21)(H2,15,16,22)/t7?,8?,9-,10-/m1/s1. The maximum atomic E-state index is 12.0. The Morgan fingerprint density at radius 3 is 2.88 bits per heavy atom. The van der Waals surface area contributed by atoms with E-state index in [2.05, 4.69) is 4.98 Å². The average Bonchev–Trinajstić information content (AvgIpc) is 2.89. The quantitative estimate of drug-likeness (QED) is 0.306. The molecule has 1 aliphatic rings. The summed E-state index contributed by atoms with van der Waals surface area (Å²) < 4.78 is 6.68. The molecule has 0 saturated carbocycles. The maximum absolute atomic E-state index is 12.0. The fourth-order valence-corrected chi connectivity index (χ4v) is 4.26. The van der Waals surface area contributed by atoms with Gasteiger partial charge in [-0.3, -0.25) is 0 Å². The van der Waals surface area contributed by atoms with Crippen LogP contribution in [0.5, 0.6) is 0 Å². The number of carboxylic acids is 1. The van der Waals surface area contributed by atoms with Crippen molar-refractivity contribution in [3.63, 3.8) is 0 Å². The number of aliphatic carboxylic acids is 1. The Kier molecular flexibility index (Phi) is 6.33. The van der Waals surface area contributed by atoms with Crippen LogP contribution < -0.4 is 17.2 Å². The number of nitrogens with zero attached hydrogens (tertiary/aromatic N) is 2. The molecule has 10 nitrogen and oxygen atoms in total. The molecule has 0 aromatic carbocycles. The summed E-state index contributed by atoms with van der Waals surface area (Å²) in [5.41, 5.74) is 11.2. The van der Waals surface area contributed by atoms with Crippen molar-refractivity contribution in [1.29, 1.82) is 0 Å². The zero-order valence-electron chi connectivity index (χ0n) is 12.7. The molecule has 24 heavy (non-hydrogen) atoms. The van der Waals surface area contributed by atoms with Crippen molar-refractivity contribution in [1.82, 2.24) is 9.55 Å². The van der Waals surface area contributed by atoms with E-state index in [9.17, 15) is 14.7 Å². The number of aliphatic hydroxyl groups excluding tert-OH is 2. The van der Waals surface area contributed by atoms with Gasteiger partial charge in [0.25, 0.3) is 0 Å². The number of aromatic nitrogens is 2. The Balaban J connectivity index is 2.11. The summed E-state index contributed by atoms with van der Waals surface area (Å²) in [7, 11) is 0. The van der Waals surface area contributed by atoms with Crippen molar-refractivity contribution < 1.29 is 24.9 Å². The number of hydrogen-bond donors (Lipinski definition) is 5. The molecule has 4 atom stereocenters. The first-order chi connectivity index (χ1) is 11.3. The summed E-state index contributed by atoms with van der Waals surface area (Å²) in [6, 6.07) is -0.927. The SMILES string of the molecule is Nc1nc(=O)n([C@H]2CC(O)[C@@H](CO)O2)cc1C[Se]CC(N)C(=O)O. The minimum absolute atomic E-state index is 0.0827. The number of hydrogen-bond acceptors (Lipinski definition) is 8. The molecule has 1 fully saturated rings. The average molecular weight is 407 g/mol. The van der Waals surface area contributed by atoms with Crippen molar-refractivity contribution in [3.8, 4) is 0 Å². The van der Waals surface area contributed by atoms with Crippen molar-refractivity contribution >= 4 is 26.7 Å². The second-order valence-electron chi connectivity index (χ2n) is 5.42. The Morgan fingerprint density at radius 1 is 1.58 bits per heavy atom. The molecule has 11 heteroatoms. The second kappa shape index (κ2) is 8.06. The van der Waals surface area contributed by atoms with Crippen LogP contribution in [0.1, 0.15) is 18.2 Å². The van der Waals surface area contributed by atoms with Gasteiger partial charge in [0.2, 0.25) is 0 Å². The van der Waals surface area contributed by atoms with Crippen LogP contribution in [-0.2, 0) is 14.9 Å². The van der Waals surface area contributed by atoms with Gasteiger partial charge in [-0.25, -0.2) is 0 Å². The summed E-state index contributed by atoms with van der Waals surface area (Å²) in [5.74, 6) is -0.976. The molecule has 1 aliphatic heterocycles. The van der Waals surface area contributed by atoms with E-state index in [1.54, 1.807) is 0 Å². The van der Waals surface area contributed by atoms with E-state index in [1.165, 1.54) is 10.8 Å². The molecule has 1 aromatic heterocycles. The predicted molar refractivity (Wildman–Crippen MR) is 84.4 cm³/mol. The van der Waals surface area contributed by atoms with E-state index < -0.39 is 36.1 Å². The normalized spacial score (nSPS) is 24.9. The molecule has 1 aromatic rings. The number of ether oxygens (including phenoxy) is 1. The summed E-state index contributed by atoms with van der Waals surface area (Å²) >= 11 is -0.125. The van der Waals surface area contributed by atoms with Crippen LogP contribution in [0.4, 0.5) is 5.82 Å². The predicted octanol–water partition coefficient (Wildman–Crippen LogP) is -2.50. The zero-order chi connectivity index (χ0) is 17.9. The van der Waals surface area contributed by atoms with Crippen molar-refractivity contribution in [3.05, 3.63) is 22.2 Å². The summed E-state index contributed by atoms with van der Waals surface area (Å²) in [6.07, 6.45) is -0.683. The van der Waals surface area contributed by atoms with Gasteiger partial charge >= 0.3 is 143 Å². The number of nitrogens with two attached hydrogens (primary N) is 2. The van der Waals surface area contributed by atoms with E-state index >= 15 is 0 Å². The molecular formula is C13H20N4O6Se. The van der Waals surface area contributed by atoms with Gasteiger partial charge in [0.15, 0.2) is 0 Å². The molecule has 0 spiro atoms. The second-order valence-corrected chi connectivity index (χ2v) is 7.58. The topological polar surface area (TPSA) is 174 Å². The van der Waals surface area contributed by atoms with Gasteiger partial charge < -0.3 is 0 Å². The number of aliphatic hydroxyl groups is 2. The molecule has 2 heterocycles. The number of carboxylic acid groups (broad SMARTS) is 1. The number of nitrogen functional groups attached to an aromatic ring is 1. The first kappa shape index (κ1) is 18.8. The van der Waals surface area contributed by atoms with Crippen LogP contribution in [-0.4, -0.2) is 70.7 Å². The molecule has 2 unspecified atom stereocenters. The fraction of sp³-hybridized carbons (Fsp3) is 0.615. The third-order valence-electron chi connectivity index (χ3n) is 3.63. The first-order valence-corrected chi connectivity index (χ1v) is 9.63. The summed E-state index contributed by atoms with van der Waals surface area (Å²) in [6.45, 7) is -0.349. The fourth-order valence-electron chi connectivity index (χ4n) is 2.26. The monoisotopic (exact) mass is 408 g/mol. The minimum atomic E-state index is -1.06. The Hall–Kier alpha value is -1.49. The molecule has 2 rings (SSSR count). The van der Waals surface area contributed by atoms with Gasteiger partial charge in [-0.05, 0) is 0 Å². The molecule has 0 aliphatic carbocycles. The van der Waals surface area contributed by atoms with E-state index in [1.807, 2.05) is 0 Å². The molecule has 134 valence electrons. The molecule has 0 radical (unpaired) electrons. The van der Waals surface area contributed by atoms with Crippen LogP contribution in [0.3, 0.4) is 0 Å². The Labute approximate surface area is 143 Å². The van der Waals surface area contributed by atoms with Crippen molar-refractivity contribution in [2.24, 2.45) is 5.73 Å². The van der Waals surface area contributed by atoms with E-state index in [0.717, 1.165) is 0 Å². The van der Waals surface area contributed by atoms with Crippen LogP contribution >= 0.6 is 0 Å². The Morgan fingerprint density at radius 2 is 2.29 bits per heavy atom. The van der Waals surface area contributed by atoms with E-state index in [0.29, 0.717) is 16.2 Å². The number of anilines is 1. The number of carbonyl (C=O) groups is 1. The molecule has 1 saturated heterocycles. The van der Waals surface area contributed by atoms with Gasteiger partial charge in [-0.15, -0.1) is 0 Å². The third kappa shape index (κ3) is 4.32. The van der Waals surface area contributed by atoms with Gasteiger partial charge in [0.05, 0.1) is 0 Å². The van der Waals surface area contributed by atoms with Crippen LogP contribution in [0, 0.1) is 0 Å².